The van der Waals surface area contributed by atoms with Gasteiger partial charge in [0.05, 0.1) is 6.04 Å². The zero-order chi connectivity index (χ0) is 13.0. The molecule has 1 aromatic heterocycles. The summed E-state index contributed by atoms with van der Waals surface area (Å²) in [5, 5.41) is 8.53. The summed E-state index contributed by atoms with van der Waals surface area (Å²) in [7, 11) is 0. The fourth-order valence-corrected chi connectivity index (χ4v) is 2.25. The average molecular weight is 253 g/mol. The molecule has 1 saturated heterocycles. The minimum atomic E-state index is -0.215. The number of hydrogen-bond donors (Lipinski definition) is 3. The lowest BCUT2D eigenvalue weighted by Crippen LogP contribution is -2.37. The Balaban J connectivity index is 1.88. The predicted molar refractivity (Wildman–Crippen MR) is 66.1 cm³/mol. The van der Waals surface area contributed by atoms with Gasteiger partial charge in [-0.25, -0.2) is 0 Å². The summed E-state index contributed by atoms with van der Waals surface area (Å²) in [6.07, 6.45) is 2.40. The molecular formula is C12H19N3O3. The lowest BCUT2D eigenvalue weighted by molar-refractivity contribution is -0.121. The van der Waals surface area contributed by atoms with Crippen molar-refractivity contribution >= 4 is 5.91 Å². The molecule has 18 heavy (non-hydrogen) atoms. The molecule has 6 heteroatoms. The van der Waals surface area contributed by atoms with Crippen LogP contribution in [0.4, 0.5) is 0 Å². The zero-order valence-electron chi connectivity index (χ0n) is 10.5. The third-order valence-electron chi connectivity index (χ3n) is 3.31. The van der Waals surface area contributed by atoms with E-state index in [-0.39, 0.29) is 17.5 Å². The van der Waals surface area contributed by atoms with Crippen molar-refractivity contribution in [2.75, 3.05) is 13.1 Å². The number of piperidine rings is 1. The first-order valence-corrected chi connectivity index (χ1v) is 6.37. The molecule has 1 amide bonds. The normalized spacial score (nSPS) is 23.8. The second-order valence-corrected chi connectivity index (χ2v) is 4.67. The number of amides is 1. The van der Waals surface area contributed by atoms with E-state index in [1.165, 1.54) is 6.07 Å². The van der Waals surface area contributed by atoms with Crippen molar-refractivity contribution < 1.29 is 9.32 Å². The predicted octanol–water partition coefficient (Wildman–Crippen LogP) is 0.535. The lowest BCUT2D eigenvalue weighted by Gasteiger charge is -2.28. The molecule has 0 aromatic carbocycles. The summed E-state index contributed by atoms with van der Waals surface area (Å²) in [4.78, 5) is 22.3. The van der Waals surface area contributed by atoms with Gasteiger partial charge in [-0.15, -0.1) is 0 Å². The van der Waals surface area contributed by atoms with Gasteiger partial charge in [0.15, 0.2) is 5.76 Å². The zero-order valence-corrected chi connectivity index (χ0v) is 10.5. The van der Waals surface area contributed by atoms with Gasteiger partial charge in [0.1, 0.15) is 0 Å². The molecule has 1 fully saturated rings. The molecular weight excluding hydrogens is 234 g/mol. The molecule has 100 valence electrons. The van der Waals surface area contributed by atoms with E-state index in [9.17, 15) is 9.59 Å². The van der Waals surface area contributed by atoms with Crippen LogP contribution in [0.3, 0.4) is 0 Å². The van der Waals surface area contributed by atoms with Gasteiger partial charge in [0.25, 0.3) is 5.56 Å². The number of H-pyrrole nitrogens is 1. The van der Waals surface area contributed by atoms with Crippen molar-refractivity contribution in [3.8, 4) is 0 Å². The van der Waals surface area contributed by atoms with E-state index < -0.39 is 0 Å². The maximum absolute atomic E-state index is 11.2. The quantitative estimate of drug-likeness (QED) is 0.730. The van der Waals surface area contributed by atoms with Crippen molar-refractivity contribution in [2.24, 2.45) is 5.92 Å². The Morgan fingerprint density at radius 3 is 3.11 bits per heavy atom. The molecule has 0 spiro atoms. The fourth-order valence-electron chi connectivity index (χ4n) is 2.25. The maximum Gasteiger partial charge on any atom is 0.280 e. The smallest absolute Gasteiger partial charge is 0.280 e. The summed E-state index contributed by atoms with van der Waals surface area (Å²) < 4.78 is 5.11. The molecule has 2 atom stereocenters. The first-order valence-electron chi connectivity index (χ1n) is 6.37. The van der Waals surface area contributed by atoms with E-state index in [0.29, 0.717) is 24.6 Å². The topological polar surface area (TPSA) is 87.1 Å². The van der Waals surface area contributed by atoms with E-state index in [2.05, 4.69) is 15.8 Å². The second kappa shape index (κ2) is 5.86. The van der Waals surface area contributed by atoms with Crippen LogP contribution in [0.25, 0.3) is 0 Å². The molecule has 2 unspecified atom stereocenters. The molecule has 2 rings (SSSR count). The number of aromatic nitrogens is 1. The number of carbonyl (C=O) groups excluding carboxylic acids is 1. The molecule has 3 N–H and O–H groups in total. The molecule has 0 bridgehead atoms. The van der Waals surface area contributed by atoms with E-state index in [1.807, 2.05) is 6.92 Å². The number of rotatable bonds is 4. The third kappa shape index (κ3) is 3.22. The Bertz CT molecular complexity index is 451. The van der Waals surface area contributed by atoms with Crippen molar-refractivity contribution in [1.82, 2.24) is 15.8 Å². The Labute approximate surface area is 105 Å². The highest BCUT2D eigenvalue weighted by atomic mass is 16.5. The van der Waals surface area contributed by atoms with Crippen molar-refractivity contribution in [3.63, 3.8) is 0 Å². The second-order valence-electron chi connectivity index (χ2n) is 4.67. The SMILES string of the molecule is CCC(=O)NCC1CCNC(c2cc(=O)[nH]o2)C1. The Morgan fingerprint density at radius 2 is 2.44 bits per heavy atom. The minimum Gasteiger partial charge on any atom is -0.382 e. The molecule has 6 nitrogen and oxygen atoms in total. The highest BCUT2D eigenvalue weighted by Gasteiger charge is 2.25. The van der Waals surface area contributed by atoms with Crippen LogP contribution in [0.1, 0.15) is 38.0 Å². The van der Waals surface area contributed by atoms with E-state index in [0.717, 1.165) is 19.4 Å². The minimum absolute atomic E-state index is 0.0567. The summed E-state index contributed by atoms with van der Waals surface area (Å²) in [5.74, 6) is 1.15. The Morgan fingerprint density at radius 1 is 1.61 bits per heavy atom. The first-order chi connectivity index (χ1) is 8.69. The number of carbonyl (C=O) groups is 1. The van der Waals surface area contributed by atoms with Crippen LogP contribution >= 0.6 is 0 Å². The van der Waals surface area contributed by atoms with Gasteiger partial charge in [0.2, 0.25) is 5.91 Å². The summed E-state index contributed by atoms with van der Waals surface area (Å²) >= 11 is 0. The molecule has 1 aliphatic rings. The van der Waals surface area contributed by atoms with Gasteiger partial charge in [-0.05, 0) is 25.3 Å². The van der Waals surface area contributed by atoms with E-state index in [1.54, 1.807) is 0 Å². The average Bonchev–Trinajstić information content (AvgIpc) is 2.83. The molecule has 0 radical (unpaired) electrons. The largest absolute Gasteiger partial charge is 0.382 e. The molecule has 0 saturated carbocycles. The van der Waals surface area contributed by atoms with Crippen LogP contribution in [0, 0.1) is 5.92 Å². The lowest BCUT2D eigenvalue weighted by atomic mass is 9.91. The van der Waals surface area contributed by atoms with Crippen molar-refractivity contribution in [1.29, 1.82) is 0 Å². The number of hydrogen-bond acceptors (Lipinski definition) is 4. The van der Waals surface area contributed by atoms with Crippen LogP contribution in [0.2, 0.25) is 0 Å². The molecule has 0 aliphatic carbocycles. The fraction of sp³-hybridized carbons (Fsp3) is 0.667. The van der Waals surface area contributed by atoms with Gasteiger partial charge in [-0.1, -0.05) is 6.92 Å². The Kier molecular flexibility index (Phi) is 4.19. The number of aromatic amines is 1. The van der Waals surface area contributed by atoms with Gasteiger partial charge in [-0.3, -0.25) is 9.59 Å². The van der Waals surface area contributed by atoms with Gasteiger partial charge in [-0.2, -0.15) is 5.16 Å². The highest BCUT2D eigenvalue weighted by molar-refractivity contribution is 5.75. The van der Waals surface area contributed by atoms with Crippen molar-refractivity contribution in [2.45, 2.75) is 32.2 Å². The van der Waals surface area contributed by atoms with Gasteiger partial charge in [0, 0.05) is 19.0 Å². The van der Waals surface area contributed by atoms with Crippen molar-refractivity contribution in [3.05, 3.63) is 22.2 Å². The van der Waals surface area contributed by atoms with E-state index >= 15 is 0 Å². The standard InChI is InChI=1S/C12H19N3O3/c1-2-11(16)14-7-8-3-4-13-9(5-8)10-6-12(17)15-18-10/h6,8-9,13H,2-5,7H2,1H3,(H,14,16)(H,15,17). The van der Waals surface area contributed by atoms with Crippen LogP contribution in [0.5, 0.6) is 0 Å². The maximum atomic E-state index is 11.2. The van der Waals surface area contributed by atoms with Crippen LogP contribution in [0.15, 0.2) is 15.4 Å². The summed E-state index contributed by atoms with van der Waals surface area (Å²) in [6.45, 7) is 3.40. The first kappa shape index (κ1) is 12.9. The van der Waals surface area contributed by atoms with Crippen LogP contribution in [-0.4, -0.2) is 24.2 Å². The van der Waals surface area contributed by atoms with Crippen LogP contribution in [-0.2, 0) is 4.79 Å². The third-order valence-corrected chi connectivity index (χ3v) is 3.31. The summed E-state index contributed by atoms with van der Waals surface area (Å²) in [6, 6.07) is 1.53. The molecule has 1 aliphatic heterocycles. The van der Waals surface area contributed by atoms with E-state index in [4.69, 9.17) is 4.52 Å². The molecule has 1 aromatic rings. The molecule has 2 heterocycles. The highest BCUT2D eigenvalue weighted by Crippen LogP contribution is 2.25. The summed E-state index contributed by atoms with van der Waals surface area (Å²) in [5.41, 5.74) is -0.215. The Hall–Kier alpha value is -1.56. The van der Waals surface area contributed by atoms with Crippen LogP contribution < -0.4 is 16.2 Å². The number of nitrogens with one attached hydrogen (secondary N) is 3. The monoisotopic (exact) mass is 253 g/mol. The van der Waals surface area contributed by atoms with Gasteiger partial charge >= 0.3 is 0 Å². The van der Waals surface area contributed by atoms with Gasteiger partial charge < -0.3 is 15.2 Å².